The Labute approximate surface area is 129 Å². The molecule has 0 aliphatic heterocycles. The summed E-state index contributed by atoms with van der Waals surface area (Å²) in [6.07, 6.45) is 8.06. The molecule has 3 nitrogen and oxygen atoms in total. The van der Waals surface area contributed by atoms with Gasteiger partial charge in [0.2, 0.25) is 0 Å². The second kappa shape index (κ2) is 9.06. The van der Waals surface area contributed by atoms with Gasteiger partial charge in [0.1, 0.15) is 5.75 Å². The summed E-state index contributed by atoms with van der Waals surface area (Å²) in [5.74, 6) is 0.963. The lowest BCUT2D eigenvalue weighted by Crippen LogP contribution is -2.27. The maximum atomic E-state index is 5.98. The van der Waals surface area contributed by atoms with Crippen molar-refractivity contribution in [1.29, 1.82) is 0 Å². The molecule has 1 saturated carbocycles. The van der Waals surface area contributed by atoms with Crippen LogP contribution in [0.5, 0.6) is 5.75 Å². The average Bonchev–Trinajstić information content (AvgIpc) is 2.56. The third-order valence-electron chi connectivity index (χ3n) is 4.32. The minimum atomic E-state index is 0.330. The fourth-order valence-electron chi connectivity index (χ4n) is 3.12. The Hall–Kier alpha value is -1.06. The first-order chi connectivity index (χ1) is 10.3. The van der Waals surface area contributed by atoms with Gasteiger partial charge >= 0.3 is 0 Å². The molecule has 0 amide bonds. The van der Waals surface area contributed by atoms with Crippen LogP contribution in [-0.2, 0) is 4.74 Å². The summed E-state index contributed by atoms with van der Waals surface area (Å²) in [5.41, 5.74) is 1.24. The fraction of sp³-hybridized carbons (Fsp3) is 0.667. The molecule has 2 rings (SSSR count). The van der Waals surface area contributed by atoms with Crippen LogP contribution in [0, 0.1) is 0 Å². The molecule has 1 aromatic rings. The summed E-state index contributed by atoms with van der Waals surface area (Å²) in [6.45, 7) is 3.90. The third kappa shape index (κ3) is 5.01. The van der Waals surface area contributed by atoms with Crippen LogP contribution in [0.15, 0.2) is 24.3 Å². The van der Waals surface area contributed by atoms with Crippen molar-refractivity contribution < 1.29 is 9.47 Å². The lowest BCUT2D eigenvalue weighted by atomic mass is 9.98. The molecular weight excluding hydrogens is 262 g/mol. The quantitative estimate of drug-likeness (QED) is 0.732. The molecule has 1 aliphatic carbocycles. The number of hydrogen-bond donors (Lipinski definition) is 1. The molecule has 1 N–H and O–H groups in total. The zero-order valence-electron chi connectivity index (χ0n) is 13.4. The maximum Gasteiger partial charge on any atom is 0.123 e. The summed E-state index contributed by atoms with van der Waals surface area (Å²) in [7, 11) is 1.73. The Morgan fingerprint density at radius 1 is 1.19 bits per heavy atom. The zero-order chi connectivity index (χ0) is 14.9. The van der Waals surface area contributed by atoms with Crippen molar-refractivity contribution in [2.24, 2.45) is 0 Å². The van der Waals surface area contributed by atoms with Crippen LogP contribution in [0.25, 0.3) is 0 Å². The molecule has 21 heavy (non-hydrogen) atoms. The van der Waals surface area contributed by atoms with Gasteiger partial charge in [-0.3, -0.25) is 0 Å². The van der Waals surface area contributed by atoms with Gasteiger partial charge in [-0.15, -0.1) is 0 Å². The molecule has 0 saturated heterocycles. The van der Waals surface area contributed by atoms with Gasteiger partial charge < -0.3 is 14.8 Å². The first-order valence-corrected chi connectivity index (χ1v) is 8.33. The summed E-state index contributed by atoms with van der Waals surface area (Å²) in [5, 5.41) is 3.60. The minimum absolute atomic E-state index is 0.330. The number of hydrogen-bond acceptors (Lipinski definition) is 3. The Bertz CT molecular complexity index is 402. The van der Waals surface area contributed by atoms with Crippen LogP contribution in [0.3, 0.4) is 0 Å². The van der Waals surface area contributed by atoms with Gasteiger partial charge in [-0.25, -0.2) is 0 Å². The highest BCUT2D eigenvalue weighted by Crippen LogP contribution is 2.26. The number of rotatable bonds is 8. The van der Waals surface area contributed by atoms with Gasteiger partial charge in [-0.2, -0.15) is 0 Å². The normalized spacial score (nSPS) is 17.6. The monoisotopic (exact) mass is 291 g/mol. The zero-order valence-corrected chi connectivity index (χ0v) is 13.4. The average molecular weight is 291 g/mol. The van der Waals surface area contributed by atoms with Gasteiger partial charge in [-0.1, -0.05) is 44.4 Å². The molecule has 3 heteroatoms. The second-order valence-electron chi connectivity index (χ2n) is 5.79. The highest BCUT2D eigenvalue weighted by atomic mass is 16.5. The summed E-state index contributed by atoms with van der Waals surface area (Å²) < 4.78 is 11.4. The summed E-state index contributed by atoms with van der Waals surface area (Å²) in [4.78, 5) is 0. The molecule has 1 atom stereocenters. The predicted octanol–water partition coefficient (Wildman–Crippen LogP) is 4.09. The number of nitrogens with one attached hydrogen (secondary N) is 1. The van der Waals surface area contributed by atoms with E-state index < -0.39 is 0 Å². The Morgan fingerprint density at radius 3 is 2.67 bits per heavy atom. The molecular formula is C18H29NO2. The molecule has 0 aromatic heterocycles. The lowest BCUT2D eigenvalue weighted by Gasteiger charge is -2.23. The van der Waals surface area contributed by atoms with E-state index in [1.54, 1.807) is 7.11 Å². The van der Waals surface area contributed by atoms with Gasteiger partial charge in [0.25, 0.3) is 0 Å². The molecule has 1 aromatic carbocycles. The van der Waals surface area contributed by atoms with Gasteiger partial charge in [0, 0.05) is 18.2 Å². The van der Waals surface area contributed by atoms with E-state index in [-0.39, 0.29) is 0 Å². The lowest BCUT2D eigenvalue weighted by molar-refractivity contribution is 0.0293. The van der Waals surface area contributed by atoms with Crippen molar-refractivity contribution in [2.75, 3.05) is 20.3 Å². The van der Waals surface area contributed by atoms with Crippen LogP contribution >= 0.6 is 0 Å². The van der Waals surface area contributed by atoms with E-state index >= 15 is 0 Å². The summed E-state index contributed by atoms with van der Waals surface area (Å²) in [6, 6.07) is 8.58. The van der Waals surface area contributed by atoms with Crippen molar-refractivity contribution in [2.45, 2.75) is 57.6 Å². The largest absolute Gasteiger partial charge is 0.496 e. The molecule has 0 bridgehead atoms. The predicted molar refractivity (Wildman–Crippen MR) is 86.9 cm³/mol. The van der Waals surface area contributed by atoms with Crippen LogP contribution in [0.1, 0.15) is 57.1 Å². The van der Waals surface area contributed by atoms with Crippen molar-refractivity contribution in [1.82, 2.24) is 5.32 Å². The van der Waals surface area contributed by atoms with E-state index in [4.69, 9.17) is 9.47 Å². The van der Waals surface area contributed by atoms with E-state index in [1.165, 1.54) is 37.7 Å². The Balaban J connectivity index is 1.76. The maximum absolute atomic E-state index is 5.98. The van der Waals surface area contributed by atoms with Crippen molar-refractivity contribution in [3.63, 3.8) is 0 Å². The smallest absolute Gasteiger partial charge is 0.123 e. The Morgan fingerprint density at radius 2 is 1.95 bits per heavy atom. The molecule has 0 heterocycles. The van der Waals surface area contributed by atoms with E-state index in [0.29, 0.717) is 12.1 Å². The van der Waals surface area contributed by atoms with Crippen LogP contribution < -0.4 is 10.1 Å². The van der Waals surface area contributed by atoms with E-state index in [9.17, 15) is 0 Å². The molecule has 1 aliphatic rings. The van der Waals surface area contributed by atoms with Gasteiger partial charge in [-0.05, 0) is 25.3 Å². The molecule has 0 spiro atoms. The molecule has 1 unspecified atom stereocenters. The van der Waals surface area contributed by atoms with E-state index in [0.717, 1.165) is 25.3 Å². The highest BCUT2D eigenvalue weighted by molar-refractivity contribution is 5.35. The van der Waals surface area contributed by atoms with E-state index in [2.05, 4.69) is 24.4 Å². The fourth-order valence-corrected chi connectivity index (χ4v) is 3.12. The molecule has 0 radical (unpaired) electrons. The minimum Gasteiger partial charge on any atom is -0.496 e. The highest BCUT2D eigenvalue weighted by Gasteiger charge is 2.15. The standard InChI is InChI=1S/C18H29NO2/c1-3-17(16-11-7-8-12-18(16)20-2)19-13-14-21-15-9-5-4-6-10-15/h7-8,11-12,15,17,19H,3-6,9-10,13-14H2,1-2H3. The SMILES string of the molecule is CCC(NCCOC1CCCCC1)c1ccccc1OC. The van der Waals surface area contributed by atoms with E-state index in [1.807, 2.05) is 12.1 Å². The van der Waals surface area contributed by atoms with Crippen LogP contribution in [0.2, 0.25) is 0 Å². The second-order valence-corrected chi connectivity index (χ2v) is 5.79. The third-order valence-corrected chi connectivity index (χ3v) is 4.32. The van der Waals surface area contributed by atoms with Crippen LogP contribution in [0.4, 0.5) is 0 Å². The number of benzene rings is 1. The first-order valence-electron chi connectivity index (χ1n) is 8.33. The summed E-state index contributed by atoms with van der Waals surface area (Å²) >= 11 is 0. The topological polar surface area (TPSA) is 30.5 Å². The number of methoxy groups -OCH3 is 1. The van der Waals surface area contributed by atoms with Gasteiger partial charge in [0.05, 0.1) is 19.8 Å². The first kappa shape index (κ1) is 16.3. The number of ether oxygens (including phenoxy) is 2. The molecule has 1 fully saturated rings. The Kier molecular flexibility index (Phi) is 7.04. The van der Waals surface area contributed by atoms with Gasteiger partial charge in [0.15, 0.2) is 0 Å². The molecule has 118 valence electrons. The number of para-hydroxylation sites is 1. The van der Waals surface area contributed by atoms with Crippen LogP contribution in [-0.4, -0.2) is 26.4 Å². The van der Waals surface area contributed by atoms with Crippen molar-refractivity contribution in [3.05, 3.63) is 29.8 Å². The van der Waals surface area contributed by atoms with Crippen molar-refractivity contribution in [3.8, 4) is 5.75 Å². The van der Waals surface area contributed by atoms with Crippen molar-refractivity contribution >= 4 is 0 Å².